The number of carbonyl (C=O) groups excluding carboxylic acids is 2. The van der Waals surface area contributed by atoms with Crippen LogP contribution in [0.25, 0.3) is 0 Å². The van der Waals surface area contributed by atoms with Gasteiger partial charge in [-0.15, -0.1) is 0 Å². The summed E-state index contributed by atoms with van der Waals surface area (Å²) in [4.78, 5) is 22.9. The first-order chi connectivity index (χ1) is 8.67. The van der Waals surface area contributed by atoms with Crippen LogP contribution in [0.15, 0.2) is 23.0 Å². The van der Waals surface area contributed by atoms with Gasteiger partial charge in [-0.1, -0.05) is 6.92 Å². The first-order valence-electron chi connectivity index (χ1n) is 5.88. The van der Waals surface area contributed by atoms with E-state index in [0.717, 1.165) is 0 Å². The molecule has 1 unspecified atom stereocenters. The molecular formula is C12H18N2O4. The lowest BCUT2D eigenvalue weighted by molar-refractivity contribution is -0.122. The summed E-state index contributed by atoms with van der Waals surface area (Å²) in [6.07, 6.45) is 3.60. The molecule has 18 heavy (non-hydrogen) atoms. The fraction of sp³-hybridized carbons (Fsp3) is 0.500. The van der Waals surface area contributed by atoms with Gasteiger partial charge in [0.1, 0.15) is 6.26 Å². The first kappa shape index (κ1) is 14.2. The standard InChI is InChI=1S/C12H18N2O4/c1-2-10(7-15)14-11(16)3-5-13-12(17)9-4-6-18-8-9/h4,6,8,10,15H,2-3,5,7H2,1H3,(H,13,17)(H,14,16). The van der Waals surface area contributed by atoms with Gasteiger partial charge in [0, 0.05) is 13.0 Å². The number of aliphatic hydroxyl groups excluding tert-OH is 1. The number of hydrogen-bond donors (Lipinski definition) is 3. The van der Waals surface area contributed by atoms with Crippen LogP contribution >= 0.6 is 0 Å². The minimum Gasteiger partial charge on any atom is -0.472 e. The zero-order chi connectivity index (χ0) is 13.4. The van der Waals surface area contributed by atoms with E-state index < -0.39 is 0 Å². The van der Waals surface area contributed by atoms with Gasteiger partial charge in [0.15, 0.2) is 0 Å². The van der Waals surface area contributed by atoms with Crippen molar-refractivity contribution in [2.75, 3.05) is 13.2 Å². The number of hydrogen-bond acceptors (Lipinski definition) is 4. The van der Waals surface area contributed by atoms with Crippen LogP contribution in [0.1, 0.15) is 30.1 Å². The van der Waals surface area contributed by atoms with Crippen LogP contribution < -0.4 is 10.6 Å². The Bertz CT molecular complexity index is 371. The van der Waals surface area contributed by atoms with Crippen LogP contribution in [0, 0.1) is 0 Å². The molecule has 3 N–H and O–H groups in total. The molecule has 1 aromatic heterocycles. The molecule has 2 amide bonds. The van der Waals surface area contributed by atoms with Crippen molar-refractivity contribution in [3.63, 3.8) is 0 Å². The quantitative estimate of drug-likeness (QED) is 0.652. The monoisotopic (exact) mass is 254 g/mol. The number of carbonyl (C=O) groups is 2. The van der Waals surface area contributed by atoms with Crippen LogP contribution in [0.5, 0.6) is 0 Å². The second-order valence-corrected chi connectivity index (χ2v) is 3.87. The number of rotatable bonds is 7. The summed E-state index contributed by atoms with van der Waals surface area (Å²) in [6.45, 7) is 2.04. The Morgan fingerprint density at radius 1 is 1.50 bits per heavy atom. The predicted molar refractivity (Wildman–Crippen MR) is 65.0 cm³/mol. The molecule has 0 aliphatic heterocycles. The molecule has 6 nitrogen and oxygen atoms in total. The van der Waals surface area contributed by atoms with E-state index in [0.29, 0.717) is 12.0 Å². The molecule has 0 saturated carbocycles. The van der Waals surface area contributed by atoms with E-state index in [1.165, 1.54) is 12.5 Å². The highest BCUT2D eigenvalue weighted by atomic mass is 16.3. The molecule has 0 fully saturated rings. The lowest BCUT2D eigenvalue weighted by atomic mass is 10.2. The summed E-state index contributed by atoms with van der Waals surface area (Å²) in [5.74, 6) is -0.464. The van der Waals surface area contributed by atoms with Gasteiger partial charge in [0.25, 0.3) is 5.91 Å². The van der Waals surface area contributed by atoms with E-state index in [1.807, 2.05) is 6.92 Å². The Morgan fingerprint density at radius 3 is 2.83 bits per heavy atom. The summed E-state index contributed by atoms with van der Waals surface area (Å²) >= 11 is 0. The molecule has 0 bridgehead atoms. The molecule has 1 heterocycles. The van der Waals surface area contributed by atoms with Crippen molar-refractivity contribution in [3.8, 4) is 0 Å². The summed E-state index contributed by atoms with van der Waals surface area (Å²) in [5.41, 5.74) is 0.428. The fourth-order valence-corrected chi connectivity index (χ4v) is 1.36. The van der Waals surface area contributed by atoms with Crippen LogP contribution in [0.4, 0.5) is 0 Å². The van der Waals surface area contributed by atoms with E-state index in [1.54, 1.807) is 6.07 Å². The number of amides is 2. The highest BCUT2D eigenvalue weighted by Gasteiger charge is 2.10. The summed E-state index contributed by atoms with van der Waals surface area (Å²) in [6, 6.07) is 1.33. The Balaban J connectivity index is 2.21. The molecular weight excluding hydrogens is 236 g/mol. The molecule has 0 aliphatic carbocycles. The van der Waals surface area contributed by atoms with Crippen molar-refractivity contribution in [1.29, 1.82) is 0 Å². The molecule has 0 spiro atoms. The number of aliphatic hydroxyl groups is 1. The van der Waals surface area contributed by atoms with Crippen LogP contribution in [-0.4, -0.2) is 36.1 Å². The Kier molecular flexibility index (Phi) is 5.93. The van der Waals surface area contributed by atoms with Gasteiger partial charge < -0.3 is 20.2 Å². The second kappa shape index (κ2) is 7.50. The molecule has 1 rings (SSSR count). The maximum absolute atomic E-state index is 11.5. The molecule has 0 radical (unpaired) electrons. The Hall–Kier alpha value is -1.82. The van der Waals surface area contributed by atoms with E-state index >= 15 is 0 Å². The van der Waals surface area contributed by atoms with Crippen LogP contribution in [0.2, 0.25) is 0 Å². The smallest absolute Gasteiger partial charge is 0.254 e. The van der Waals surface area contributed by atoms with Gasteiger partial charge in [-0.3, -0.25) is 9.59 Å². The second-order valence-electron chi connectivity index (χ2n) is 3.87. The van der Waals surface area contributed by atoms with Crippen molar-refractivity contribution in [2.24, 2.45) is 0 Å². The predicted octanol–water partition coefficient (Wildman–Crippen LogP) is 0.287. The number of furan rings is 1. The third-order valence-corrected chi connectivity index (χ3v) is 2.50. The molecule has 6 heteroatoms. The van der Waals surface area contributed by atoms with Gasteiger partial charge in [-0.2, -0.15) is 0 Å². The Morgan fingerprint density at radius 2 is 2.28 bits per heavy atom. The lowest BCUT2D eigenvalue weighted by Crippen LogP contribution is -2.38. The van der Waals surface area contributed by atoms with E-state index in [9.17, 15) is 9.59 Å². The third kappa shape index (κ3) is 4.58. The minimum atomic E-state index is -0.272. The van der Waals surface area contributed by atoms with Gasteiger partial charge in [-0.25, -0.2) is 0 Å². The molecule has 1 aromatic rings. The molecule has 100 valence electrons. The average Bonchev–Trinajstić information content (AvgIpc) is 2.89. The van der Waals surface area contributed by atoms with Crippen LogP contribution in [0.3, 0.4) is 0 Å². The minimum absolute atomic E-state index is 0.0797. The molecule has 0 saturated heterocycles. The molecule has 1 atom stereocenters. The largest absolute Gasteiger partial charge is 0.472 e. The van der Waals surface area contributed by atoms with Crippen molar-refractivity contribution in [3.05, 3.63) is 24.2 Å². The topological polar surface area (TPSA) is 91.6 Å². The SMILES string of the molecule is CCC(CO)NC(=O)CCNC(=O)c1ccoc1. The summed E-state index contributed by atoms with van der Waals surface area (Å²) in [5, 5.41) is 14.2. The summed E-state index contributed by atoms with van der Waals surface area (Å²) < 4.78 is 4.78. The number of nitrogens with one attached hydrogen (secondary N) is 2. The highest BCUT2D eigenvalue weighted by Crippen LogP contribution is 1.99. The van der Waals surface area contributed by atoms with Gasteiger partial charge in [0.05, 0.1) is 24.5 Å². The van der Waals surface area contributed by atoms with Gasteiger partial charge in [-0.05, 0) is 12.5 Å². The summed E-state index contributed by atoms with van der Waals surface area (Å²) in [7, 11) is 0. The van der Waals surface area contributed by atoms with Gasteiger partial charge in [0.2, 0.25) is 5.91 Å². The average molecular weight is 254 g/mol. The van der Waals surface area contributed by atoms with Crippen molar-refractivity contribution < 1.29 is 19.1 Å². The normalized spacial score (nSPS) is 11.9. The molecule has 0 aromatic carbocycles. The fourth-order valence-electron chi connectivity index (χ4n) is 1.36. The first-order valence-corrected chi connectivity index (χ1v) is 5.88. The van der Waals surface area contributed by atoms with Gasteiger partial charge >= 0.3 is 0 Å². The van der Waals surface area contributed by atoms with E-state index in [4.69, 9.17) is 9.52 Å². The Labute approximate surface area is 105 Å². The lowest BCUT2D eigenvalue weighted by Gasteiger charge is -2.13. The van der Waals surface area contributed by atoms with Crippen LogP contribution in [-0.2, 0) is 4.79 Å². The van der Waals surface area contributed by atoms with Crippen molar-refractivity contribution in [2.45, 2.75) is 25.8 Å². The van der Waals surface area contributed by atoms with Crippen molar-refractivity contribution >= 4 is 11.8 Å². The van der Waals surface area contributed by atoms with E-state index in [2.05, 4.69) is 10.6 Å². The zero-order valence-corrected chi connectivity index (χ0v) is 10.3. The zero-order valence-electron chi connectivity index (χ0n) is 10.3. The van der Waals surface area contributed by atoms with Crippen molar-refractivity contribution in [1.82, 2.24) is 10.6 Å². The highest BCUT2D eigenvalue weighted by molar-refractivity contribution is 5.94. The molecule has 0 aliphatic rings. The third-order valence-electron chi connectivity index (χ3n) is 2.50. The maximum atomic E-state index is 11.5. The maximum Gasteiger partial charge on any atom is 0.254 e. The van der Waals surface area contributed by atoms with E-state index in [-0.39, 0.29) is 37.4 Å².